The van der Waals surface area contributed by atoms with Crippen molar-refractivity contribution in [1.29, 1.82) is 0 Å². The first-order chi connectivity index (χ1) is 15.2. The smallest absolute Gasteiger partial charge is 0.225 e. The highest BCUT2D eigenvalue weighted by molar-refractivity contribution is 5.77. The summed E-state index contributed by atoms with van der Waals surface area (Å²) in [5, 5.41) is 0. The third kappa shape index (κ3) is 4.85. The Morgan fingerprint density at radius 3 is 2.19 bits per heavy atom. The molecular formula is C25H29N3O3. The fraction of sp³-hybridized carbons (Fsp3) is 0.320. The molecule has 3 aromatic rings. The standard InChI is InChI=1S/C25H29N3O3/c1-30-22-10-8-21(9-11-22)26-14-16-28(17-15-26)25(29)19-24(27-12-3-4-13-27)20-6-5-7-23(18-20)31-2/h3-13,18,24H,14-17,19H2,1-2H3/t24-/m1/s1. The molecule has 1 fully saturated rings. The highest BCUT2D eigenvalue weighted by atomic mass is 16.5. The number of amides is 1. The minimum absolute atomic E-state index is 0.0581. The van der Waals surface area contributed by atoms with Crippen molar-refractivity contribution in [3.63, 3.8) is 0 Å². The zero-order valence-electron chi connectivity index (χ0n) is 18.1. The van der Waals surface area contributed by atoms with E-state index >= 15 is 0 Å². The molecule has 1 aliphatic heterocycles. The van der Waals surface area contributed by atoms with Gasteiger partial charge in [0.2, 0.25) is 5.91 Å². The Bertz CT molecular complexity index is 978. The molecule has 1 amide bonds. The third-order valence-corrected chi connectivity index (χ3v) is 5.90. The summed E-state index contributed by atoms with van der Waals surface area (Å²) in [6, 6.07) is 20.0. The molecule has 0 aliphatic carbocycles. The Labute approximate surface area is 183 Å². The Kier molecular flexibility index (Phi) is 6.46. The van der Waals surface area contributed by atoms with Crippen LogP contribution in [-0.2, 0) is 4.79 Å². The average molecular weight is 420 g/mol. The summed E-state index contributed by atoms with van der Waals surface area (Å²) in [6.07, 6.45) is 4.45. The summed E-state index contributed by atoms with van der Waals surface area (Å²) in [4.78, 5) is 17.5. The Morgan fingerprint density at radius 1 is 0.871 bits per heavy atom. The van der Waals surface area contributed by atoms with E-state index in [2.05, 4.69) is 27.7 Å². The number of piperazine rings is 1. The van der Waals surface area contributed by atoms with Gasteiger partial charge in [0.15, 0.2) is 0 Å². The van der Waals surface area contributed by atoms with Crippen LogP contribution in [0.25, 0.3) is 0 Å². The number of benzene rings is 2. The highest BCUT2D eigenvalue weighted by Gasteiger charge is 2.25. The van der Waals surface area contributed by atoms with Crippen LogP contribution in [0.2, 0.25) is 0 Å². The summed E-state index contributed by atoms with van der Waals surface area (Å²) < 4.78 is 12.7. The maximum atomic E-state index is 13.2. The molecule has 2 heterocycles. The van der Waals surface area contributed by atoms with Gasteiger partial charge in [0, 0.05) is 44.3 Å². The summed E-state index contributed by atoms with van der Waals surface area (Å²) >= 11 is 0. The molecule has 4 rings (SSSR count). The summed E-state index contributed by atoms with van der Waals surface area (Å²) in [6.45, 7) is 3.10. The number of ether oxygens (including phenoxy) is 2. The van der Waals surface area contributed by atoms with Crippen molar-refractivity contribution in [2.45, 2.75) is 12.5 Å². The van der Waals surface area contributed by atoms with E-state index < -0.39 is 0 Å². The van der Waals surface area contributed by atoms with Gasteiger partial charge >= 0.3 is 0 Å². The van der Waals surface area contributed by atoms with Gasteiger partial charge in [0.05, 0.1) is 26.7 Å². The van der Waals surface area contributed by atoms with E-state index in [0.29, 0.717) is 6.42 Å². The molecule has 2 aromatic carbocycles. The SMILES string of the molecule is COc1ccc(N2CCN(C(=O)C[C@H](c3cccc(OC)c3)n3cccc3)CC2)cc1. The van der Waals surface area contributed by atoms with E-state index in [0.717, 1.165) is 48.9 Å². The lowest BCUT2D eigenvalue weighted by atomic mass is 10.0. The zero-order valence-corrected chi connectivity index (χ0v) is 18.1. The van der Waals surface area contributed by atoms with E-state index in [4.69, 9.17) is 9.47 Å². The number of rotatable bonds is 7. The maximum absolute atomic E-state index is 13.2. The Hall–Kier alpha value is -3.41. The van der Waals surface area contributed by atoms with Crippen LogP contribution in [0, 0.1) is 0 Å². The molecular weight excluding hydrogens is 390 g/mol. The summed E-state index contributed by atoms with van der Waals surface area (Å²) in [5.41, 5.74) is 2.23. The minimum Gasteiger partial charge on any atom is -0.497 e. The van der Waals surface area contributed by atoms with Crippen LogP contribution >= 0.6 is 0 Å². The molecule has 1 aromatic heterocycles. The summed E-state index contributed by atoms with van der Waals surface area (Å²) in [7, 11) is 3.34. The topological polar surface area (TPSA) is 46.9 Å². The number of hydrogen-bond donors (Lipinski definition) is 0. The number of hydrogen-bond acceptors (Lipinski definition) is 4. The highest BCUT2D eigenvalue weighted by Crippen LogP contribution is 2.27. The number of methoxy groups -OCH3 is 2. The van der Waals surface area contributed by atoms with Gasteiger partial charge < -0.3 is 23.8 Å². The predicted molar refractivity (Wildman–Crippen MR) is 122 cm³/mol. The zero-order chi connectivity index (χ0) is 21.6. The van der Waals surface area contributed by atoms with Crippen molar-refractivity contribution >= 4 is 11.6 Å². The van der Waals surface area contributed by atoms with Gasteiger partial charge in [-0.3, -0.25) is 4.79 Å². The van der Waals surface area contributed by atoms with E-state index in [-0.39, 0.29) is 11.9 Å². The number of nitrogens with zero attached hydrogens (tertiary/aromatic N) is 3. The van der Waals surface area contributed by atoms with Crippen LogP contribution in [0.1, 0.15) is 18.0 Å². The molecule has 0 radical (unpaired) electrons. The van der Waals surface area contributed by atoms with Crippen molar-refractivity contribution < 1.29 is 14.3 Å². The fourth-order valence-corrected chi connectivity index (χ4v) is 4.10. The number of aromatic nitrogens is 1. The van der Waals surface area contributed by atoms with Crippen molar-refractivity contribution in [1.82, 2.24) is 9.47 Å². The first-order valence-electron chi connectivity index (χ1n) is 10.6. The fourth-order valence-electron chi connectivity index (χ4n) is 4.10. The van der Waals surface area contributed by atoms with Crippen LogP contribution in [0.15, 0.2) is 73.1 Å². The third-order valence-electron chi connectivity index (χ3n) is 5.90. The molecule has 6 nitrogen and oxygen atoms in total. The first kappa shape index (κ1) is 20.8. The van der Waals surface area contributed by atoms with Crippen LogP contribution in [0.5, 0.6) is 11.5 Å². The second-order valence-electron chi connectivity index (χ2n) is 7.69. The molecule has 6 heteroatoms. The lowest BCUT2D eigenvalue weighted by molar-refractivity contribution is -0.132. The van der Waals surface area contributed by atoms with Crippen molar-refractivity contribution in [2.75, 3.05) is 45.3 Å². The molecule has 0 unspecified atom stereocenters. The van der Waals surface area contributed by atoms with Gasteiger partial charge in [-0.05, 0) is 54.1 Å². The second kappa shape index (κ2) is 9.60. The average Bonchev–Trinajstić information content (AvgIpc) is 3.37. The molecule has 31 heavy (non-hydrogen) atoms. The lowest BCUT2D eigenvalue weighted by Crippen LogP contribution is -2.49. The second-order valence-corrected chi connectivity index (χ2v) is 7.69. The minimum atomic E-state index is -0.0581. The first-order valence-corrected chi connectivity index (χ1v) is 10.6. The van der Waals surface area contributed by atoms with Gasteiger partial charge in [-0.1, -0.05) is 12.1 Å². The van der Waals surface area contributed by atoms with Crippen LogP contribution in [0.3, 0.4) is 0 Å². The van der Waals surface area contributed by atoms with Crippen LogP contribution < -0.4 is 14.4 Å². The predicted octanol–water partition coefficient (Wildman–Crippen LogP) is 3.83. The van der Waals surface area contributed by atoms with Crippen LogP contribution in [-0.4, -0.2) is 55.8 Å². The number of anilines is 1. The molecule has 162 valence electrons. The van der Waals surface area contributed by atoms with Crippen molar-refractivity contribution in [3.05, 3.63) is 78.6 Å². The molecule has 1 saturated heterocycles. The monoisotopic (exact) mass is 419 g/mol. The lowest BCUT2D eigenvalue weighted by Gasteiger charge is -2.37. The van der Waals surface area contributed by atoms with E-state index in [1.54, 1.807) is 14.2 Å². The Morgan fingerprint density at radius 2 is 1.55 bits per heavy atom. The molecule has 0 N–H and O–H groups in total. The normalized spacial score (nSPS) is 14.9. The molecule has 1 aliphatic rings. The quantitative estimate of drug-likeness (QED) is 0.584. The molecule has 0 saturated carbocycles. The van der Waals surface area contributed by atoms with E-state index in [1.165, 1.54) is 0 Å². The van der Waals surface area contributed by atoms with Gasteiger partial charge in [-0.2, -0.15) is 0 Å². The van der Waals surface area contributed by atoms with Crippen molar-refractivity contribution in [3.8, 4) is 11.5 Å². The van der Waals surface area contributed by atoms with Crippen LogP contribution in [0.4, 0.5) is 5.69 Å². The Balaban J connectivity index is 1.42. The van der Waals surface area contributed by atoms with Gasteiger partial charge in [0.25, 0.3) is 0 Å². The maximum Gasteiger partial charge on any atom is 0.225 e. The number of carbonyl (C=O) groups excluding carboxylic acids is 1. The number of carbonyl (C=O) groups is 1. The molecule has 0 bridgehead atoms. The largest absolute Gasteiger partial charge is 0.497 e. The summed E-state index contributed by atoms with van der Waals surface area (Å²) in [5.74, 6) is 1.83. The van der Waals surface area contributed by atoms with Crippen molar-refractivity contribution in [2.24, 2.45) is 0 Å². The molecule has 0 spiro atoms. The van der Waals surface area contributed by atoms with Gasteiger partial charge in [-0.25, -0.2) is 0 Å². The molecule has 1 atom stereocenters. The van der Waals surface area contributed by atoms with Gasteiger partial charge in [-0.15, -0.1) is 0 Å². The van der Waals surface area contributed by atoms with Gasteiger partial charge in [0.1, 0.15) is 11.5 Å². The van der Waals surface area contributed by atoms with E-state index in [1.807, 2.05) is 59.8 Å². The van der Waals surface area contributed by atoms with E-state index in [9.17, 15) is 4.79 Å².